The van der Waals surface area contributed by atoms with E-state index in [4.69, 9.17) is 11.6 Å². The summed E-state index contributed by atoms with van der Waals surface area (Å²) in [5.74, 6) is 0.000947. The summed E-state index contributed by atoms with van der Waals surface area (Å²) in [4.78, 5) is 11.5. The number of halogens is 1. The van der Waals surface area contributed by atoms with Crippen molar-refractivity contribution < 1.29 is 4.79 Å². The Kier molecular flexibility index (Phi) is 6.48. The molecule has 0 aliphatic carbocycles. The Bertz CT molecular complexity index is 355. The van der Waals surface area contributed by atoms with Crippen LogP contribution in [0.25, 0.3) is 0 Å². The fraction of sp³-hybridized carbons (Fsp3) is 0.462. The molecule has 0 aliphatic heterocycles. The van der Waals surface area contributed by atoms with Crippen molar-refractivity contribution in [3.63, 3.8) is 0 Å². The molecule has 0 saturated heterocycles. The number of carbonyl (C=O) groups excluding carboxylic acids is 1. The summed E-state index contributed by atoms with van der Waals surface area (Å²) in [6.45, 7) is 3.15. The van der Waals surface area contributed by atoms with Crippen molar-refractivity contribution in [3.05, 3.63) is 29.3 Å². The molecule has 4 heteroatoms. The van der Waals surface area contributed by atoms with Crippen molar-refractivity contribution in [1.82, 2.24) is 5.32 Å². The molecule has 1 rings (SSSR count). The van der Waals surface area contributed by atoms with Crippen molar-refractivity contribution in [2.24, 2.45) is 0 Å². The van der Waals surface area contributed by atoms with Gasteiger partial charge >= 0.3 is 0 Å². The van der Waals surface area contributed by atoms with Crippen molar-refractivity contribution in [2.45, 2.75) is 26.2 Å². The van der Waals surface area contributed by atoms with Gasteiger partial charge in [0, 0.05) is 6.54 Å². The zero-order chi connectivity index (χ0) is 12.5. The molecule has 0 spiro atoms. The summed E-state index contributed by atoms with van der Waals surface area (Å²) >= 11 is 5.96. The van der Waals surface area contributed by atoms with Gasteiger partial charge in [-0.25, -0.2) is 0 Å². The van der Waals surface area contributed by atoms with Gasteiger partial charge in [-0.05, 0) is 18.6 Å². The normalized spacial score (nSPS) is 10.0. The molecule has 1 amide bonds. The molecule has 1 aromatic carbocycles. The Labute approximate surface area is 108 Å². The van der Waals surface area contributed by atoms with Crippen LogP contribution < -0.4 is 10.6 Å². The molecule has 0 aliphatic rings. The predicted octanol–water partition coefficient (Wildman–Crippen LogP) is 3.06. The first-order chi connectivity index (χ1) is 8.24. The number of rotatable bonds is 7. The molecule has 2 N–H and O–H groups in total. The maximum atomic E-state index is 11.5. The third kappa shape index (κ3) is 5.59. The first-order valence-electron chi connectivity index (χ1n) is 5.99. The average Bonchev–Trinajstić information content (AvgIpc) is 2.34. The lowest BCUT2D eigenvalue weighted by molar-refractivity contribution is -0.119. The van der Waals surface area contributed by atoms with E-state index in [-0.39, 0.29) is 12.5 Å². The molecular formula is C13H19ClN2O. The maximum absolute atomic E-state index is 11.5. The van der Waals surface area contributed by atoms with Crippen LogP contribution in [-0.4, -0.2) is 19.0 Å². The fourth-order valence-corrected chi connectivity index (χ4v) is 1.65. The number of carbonyl (C=O) groups is 1. The van der Waals surface area contributed by atoms with Crippen LogP contribution in [0.5, 0.6) is 0 Å². The van der Waals surface area contributed by atoms with E-state index >= 15 is 0 Å². The second-order valence-electron chi connectivity index (χ2n) is 3.89. The van der Waals surface area contributed by atoms with Crippen molar-refractivity contribution in [3.8, 4) is 0 Å². The molecule has 0 atom stereocenters. The highest BCUT2D eigenvalue weighted by molar-refractivity contribution is 6.33. The lowest BCUT2D eigenvalue weighted by Gasteiger charge is -2.08. The summed E-state index contributed by atoms with van der Waals surface area (Å²) in [6, 6.07) is 7.39. The average molecular weight is 255 g/mol. The van der Waals surface area contributed by atoms with E-state index in [2.05, 4.69) is 17.6 Å². The van der Waals surface area contributed by atoms with Crippen molar-refractivity contribution in [1.29, 1.82) is 0 Å². The van der Waals surface area contributed by atoms with E-state index in [1.165, 1.54) is 0 Å². The van der Waals surface area contributed by atoms with E-state index in [0.29, 0.717) is 5.02 Å². The molecule has 94 valence electrons. The van der Waals surface area contributed by atoms with E-state index in [9.17, 15) is 4.79 Å². The topological polar surface area (TPSA) is 41.1 Å². The van der Waals surface area contributed by atoms with Gasteiger partial charge in [0.1, 0.15) is 0 Å². The number of unbranched alkanes of at least 4 members (excludes halogenated alkanes) is 2. The second kappa shape index (κ2) is 7.96. The van der Waals surface area contributed by atoms with Gasteiger partial charge in [0.05, 0.1) is 17.3 Å². The molecule has 0 fully saturated rings. The van der Waals surface area contributed by atoms with Gasteiger partial charge in [-0.15, -0.1) is 0 Å². The van der Waals surface area contributed by atoms with E-state index in [1.54, 1.807) is 6.07 Å². The summed E-state index contributed by atoms with van der Waals surface area (Å²) in [5, 5.41) is 6.50. The molecule has 3 nitrogen and oxygen atoms in total. The van der Waals surface area contributed by atoms with Gasteiger partial charge in [-0.3, -0.25) is 4.79 Å². The minimum absolute atomic E-state index is 0.000947. The number of hydrogen-bond donors (Lipinski definition) is 2. The molecule has 0 unspecified atom stereocenters. The minimum Gasteiger partial charge on any atom is -0.375 e. The van der Waals surface area contributed by atoms with Gasteiger partial charge in [0.15, 0.2) is 0 Å². The Morgan fingerprint density at radius 1 is 1.29 bits per heavy atom. The van der Waals surface area contributed by atoms with Crippen LogP contribution in [0.1, 0.15) is 26.2 Å². The highest BCUT2D eigenvalue weighted by Crippen LogP contribution is 2.19. The SMILES string of the molecule is CCCCCNC(=O)CNc1ccccc1Cl. The molecule has 0 saturated carbocycles. The standard InChI is InChI=1S/C13H19ClN2O/c1-2-3-6-9-15-13(17)10-16-12-8-5-4-7-11(12)14/h4-5,7-8,16H,2-3,6,9-10H2,1H3,(H,15,17). The first kappa shape index (κ1) is 13.8. The quantitative estimate of drug-likeness (QED) is 0.735. The van der Waals surface area contributed by atoms with Crippen molar-refractivity contribution >= 4 is 23.2 Å². The largest absolute Gasteiger partial charge is 0.375 e. The highest BCUT2D eigenvalue weighted by Gasteiger charge is 2.02. The van der Waals surface area contributed by atoms with Crippen LogP contribution >= 0.6 is 11.6 Å². The predicted molar refractivity (Wildman–Crippen MR) is 72.5 cm³/mol. The minimum atomic E-state index is 0.000947. The van der Waals surface area contributed by atoms with Gasteiger partial charge < -0.3 is 10.6 Å². The fourth-order valence-electron chi connectivity index (χ4n) is 1.45. The number of para-hydroxylation sites is 1. The molecule has 1 aromatic rings. The van der Waals surface area contributed by atoms with Crippen LogP contribution in [0, 0.1) is 0 Å². The van der Waals surface area contributed by atoms with Gasteiger partial charge in [0.2, 0.25) is 5.91 Å². The summed E-state index contributed by atoms with van der Waals surface area (Å²) in [7, 11) is 0. The van der Waals surface area contributed by atoms with Gasteiger partial charge in [0.25, 0.3) is 0 Å². The van der Waals surface area contributed by atoms with E-state index in [0.717, 1.165) is 31.5 Å². The molecule has 0 radical (unpaired) electrons. The number of hydrogen-bond acceptors (Lipinski definition) is 2. The Hall–Kier alpha value is -1.22. The smallest absolute Gasteiger partial charge is 0.239 e. The molecule has 17 heavy (non-hydrogen) atoms. The number of anilines is 1. The van der Waals surface area contributed by atoms with Crippen LogP contribution in [0.4, 0.5) is 5.69 Å². The Morgan fingerprint density at radius 2 is 2.06 bits per heavy atom. The third-order valence-corrected chi connectivity index (χ3v) is 2.75. The number of nitrogens with one attached hydrogen (secondary N) is 2. The lowest BCUT2D eigenvalue weighted by Crippen LogP contribution is -2.30. The lowest BCUT2D eigenvalue weighted by atomic mass is 10.2. The molecular weight excluding hydrogens is 236 g/mol. The number of amides is 1. The summed E-state index contributed by atoms with van der Waals surface area (Å²) < 4.78 is 0. The Morgan fingerprint density at radius 3 is 2.76 bits per heavy atom. The van der Waals surface area contributed by atoms with Gasteiger partial charge in [-0.2, -0.15) is 0 Å². The molecule has 0 aromatic heterocycles. The second-order valence-corrected chi connectivity index (χ2v) is 4.30. The van der Waals surface area contributed by atoms with E-state index < -0.39 is 0 Å². The summed E-state index contributed by atoms with van der Waals surface area (Å²) in [6.07, 6.45) is 3.35. The maximum Gasteiger partial charge on any atom is 0.239 e. The highest BCUT2D eigenvalue weighted by atomic mass is 35.5. The van der Waals surface area contributed by atoms with E-state index in [1.807, 2.05) is 18.2 Å². The van der Waals surface area contributed by atoms with Crippen LogP contribution in [0.2, 0.25) is 5.02 Å². The summed E-state index contributed by atoms with van der Waals surface area (Å²) in [5.41, 5.74) is 0.790. The zero-order valence-corrected chi connectivity index (χ0v) is 10.9. The first-order valence-corrected chi connectivity index (χ1v) is 6.37. The monoisotopic (exact) mass is 254 g/mol. The third-order valence-electron chi connectivity index (χ3n) is 2.42. The van der Waals surface area contributed by atoms with Crippen LogP contribution in [0.15, 0.2) is 24.3 Å². The number of benzene rings is 1. The molecule has 0 heterocycles. The zero-order valence-electron chi connectivity index (χ0n) is 10.1. The van der Waals surface area contributed by atoms with Crippen molar-refractivity contribution in [2.75, 3.05) is 18.4 Å². The van der Waals surface area contributed by atoms with Crippen LogP contribution in [-0.2, 0) is 4.79 Å². The molecule has 0 bridgehead atoms. The van der Waals surface area contributed by atoms with Gasteiger partial charge in [-0.1, -0.05) is 43.5 Å². The van der Waals surface area contributed by atoms with Crippen LogP contribution in [0.3, 0.4) is 0 Å². The Balaban J connectivity index is 2.22.